The molecule has 2 fully saturated rings. The van der Waals surface area contributed by atoms with Gasteiger partial charge in [0.05, 0.1) is 6.04 Å². The third kappa shape index (κ3) is 8.25. The van der Waals surface area contributed by atoms with Crippen LogP contribution in [-0.4, -0.2) is 96.2 Å². The van der Waals surface area contributed by atoms with E-state index in [0.29, 0.717) is 5.57 Å². The van der Waals surface area contributed by atoms with Gasteiger partial charge in [-0.05, 0) is 41.6 Å². The molecule has 242 valence electrons. The largest absolute Gasteiger partial charge is 0.389 e. The maximum atomic E-state index is 14.0. The van der Waals surface area contributed by atoms with Crippen LogP contribution in [0, 0.1) is 22.7 Å². The number of nitrogens with one attached hydrogen (secondary N) is 3. The zero-order valence-corrected chi connectivity index (χ0v) is 25.8. The predicted octanol–water partition coefficient (Wildman–Crippen LogP) is 1.10. The van der Waals surface area contributed by atoms with Gasteiger partial charge in [-0.2, -0.15) is 13.2 Å². The van der Waals surface area contributed by atoms with Crippen LogP contribution in [0.25, 0.3) is 0 Å². The quantitative estimate of drug-likeness (QED) is 0.200. The number of hydrogen-bond donors (Lipinski definition) is 4. The minimum absolute atomic E-state index is 0.120. The number of halogens is 3. The molecule has 0 bridgehead atoms. The first-order valence-corrected chi connectivity index (χ1v) is 13.9. The Labute approximate surface area is 249 Å². The molecule has 12 nitrogen and oxygen atoms in total. The minimum atomic E-state index is -4.66. The van der Waals surface area contributed by atoms with Crippen molar-refractivity contribution in [2.24, 2.45) is 28.4 Å². The molecular weight excluding hydrogens is 573 g/mol. The third-order valence-electron chi connectivity index (χ3n) is 8.20. The van der Waals surface area contributed by atoms with Crippen molar-refractivity contribution in [1.29, 1.82) is 0 Å². The highest BCUT2D eigenvalue weighted by Crippen LogP contribution is 2.65. The van der Waals surface area contributed by atoms with Crippen molar-refractivity contribution < 1.29 is 41.9 Å². The predicted molar refractivity (Wildman–Crippen MR) is 150 cm³/mol. The number of hydrogen-bond acceptors (Lipinski definition) is 6. The number of carbonyl (C=O) groups is 6. The molecule has 2 rings (SSSR count). The van der Waals surface area contributed by atoms with E-state index in [4.69, 9.17) is 5.73 Å². The molecule has 1 heterocycles. The van der Waals surface area contributed by atoms with Gasteiger partial charge in [-0.1, -0.05) is 41.2 Å². The molecule has 15 heteroatoms. The Bertz CT molecular complexity index is 1180. The number of urea groups is 1. The standard InChI is InChI=1S/C28H43F3N6O6/c1-13(2)17(23(41)36(8)9)34-25(43)35-20(26(3,4)5)24(42)37-12-14-16(27(14,6)7)18(37)22(40)33-15(19(38)21(32)39)10-11-28(29,30)31/h14-18,20H,1,10-12H2,2-9H3,(H2,32,39)(H,33,40)(H2,34,35,43)/t14-,15?,16-,17-,18-,20+/m0/s1. The zero-order valence-electron chi connectivity index (χ0n) is 25.8. The Morgan fingerprint density at radius 2 is 1.60 bits per heavy atom. The number of Topliss-reactive ketones (excluding diaryl/α,β-unsaturated/α-hetero) is 1. The summed E-state index contributed by atoms with van der Waals surface area (Å²) >= 11 is 0. The van der Waals surface area contributed by atoms with Crippen LogP contribution >= 0.6 is 0 Å². The van der Waals surface area contributed by atoms with E-state index >= 15 is 0 Å². The van der Waals surface area contributed by atoms with E-state index in [2.05, 4.69) is 22.5 Å². The number of amides is 6. The van der Waals surface area contributed by atoms with Crippen LogP contribution in [0.15, 0.2) is 12.2 Å². The fourth-order valence-corrected chi connectivity index (χ4v) is 5.59. The molecule has 6 amide bonds. The van der Waals surface area contributed by atoms with E-state index in [-0.39, 0.29) is 18.4 Å². The van der Waals surface area contributed by atoms with Gasteiger partial charge >= 0.3 is 12.2 Å². The number of likely N-dealkylation sites (N-methyl/N-ethyl adjacent to an activating group) is 1. The van der Waals surface area contributed by atoms with Gasteiger partial charge in [0, 0.05) is 27.1 Å². The lowest BCUT2D eigenvalue weighted by Crippen LogP contribution is -2.62. The van der Waals surface area contributed by atoms with Crippen molar-refractivity contribution in [3.05, 3.63) is 12.2 Å². The van der Waals surface area contributed by atoms with Crippen LogP contribution in [0.3, 0.4) is 0 Å². The molecule has 0 aromatic heterocycles. The summed E-state index contributed by atoms with van der Waals surface area (Å²) in [5.41, 5.74) is 4.10. The maximum absolute atomic E-state index is 14.0. The van der Waals surface area contributed by atoms with Crippen LogP contribution in [-0.2, 0) is 24.0 Å². The number of alkyl halides is 3. The van der Waals surface area contributed by atoms with Crippen molar-refractivity contribution in [2.75, 3.05) is 20.6 Å². The van der Waals surface area contributed by atoms with Gasteiger partial charge in [-0.15, -0.1) is 0 Å². The Kier molecular flexibility index (Phi) is 10.4. The average molecular weight is 617 g/mol. The molecule has 0 spiro atoms. The number of rotatable bonds is 11. The highest BCUT2D eigenvalue weighted by molar-refractivity contribution is 6.37. The van der Waals surface area contributed by atoms with Crippen LogP contribution in [0.2, 0.25) is 0 Å². The molecule has 6 atom stereocenters. The van der Waals surface area contributed by atoms with E-state index in [1.165, 1.54) is 23.9 Å². The Morgan fingerprint density at radius 3 is 2.05 bits per heavy atom. The summed E-state index contributed by atoms with van der Waals surface area (Å²) < 4.78 is 38.7. The summed E-state index contributed by atoms with van der Waals surface area (Å²) in [5, 5.41) is 7.37. The summed E-state index contributed by atoms with van der Waals surface area (Å²) in [6.07, 6.45) is -7.02. The molecule has 0 aromatic rings. The summed E-state index contributed by atoms with van der Waals surface area (Å²) in [4.78, 5) is 79.5. The first-order chi connectivity index (χ1) is 19.4. The highest BCUT2D eigenvalue weighted by atomic mass is 19.4. The second-order valence-corrected chi connectivity index (χ2v) is 13.3. The normalized spacial score (nSPS) is 22.8. The van der Waals surface area contributed by atoms with E-state index in [1.807, 2.05) is 13.8 Å². The lowest BCUT2D eigenvalue weighted by atomic mass is 9.85. The number of fused-ring (bicyclic) bond motifs is 1. The molecule has 1 unspecified atom stereocenters. The number of likely N-dealkylation sites (tertiary alicyclic amines) is 1. The van der Waals surface area contributed by atoms with Gasteiger partial charge in [0.2, 0.25) is 23.5 Å². The van der Waals surface area contributed by atoms with Crippen molar-refractivity contribution in [1.82, 2.24) is 25.8 Å². The van der Waals surface area contributed by atoms with Gasteiger partial charge in [0.25, 0.3) is 5.91 Å². The van der Waals surface area contributed by atoms with E-state index < -0.39 is 89.5 Å². The fourth-order valence-electron chi connectivity index (χ4n) is 5.59. The van der Waals surface area contributed by atoms with Crippen LogP contribution in [0.5, 0.6) is 0 Å². The molecule has 1 saturated carbocycles. The number of piperidine rings is 1. The SMILES string of the molecule is C=C(C)[C@H](NC(=O)N[C@H](C(=O)N1C[C@H]2[C@@H]([C@H]1C(=O)NC(CCC(F)(F)F)C(=O)C(N)=O)C2(C)C)C(C)(C)C)C(=O)N(C)C. The first-order valence-electron chi connectivity index (χ1n) is 13.9. The van der Waals surface area contributed by atoms with Crippen LogP contribution in [0.4, 0.5) is 18.0 Å². The second-order valence-electron chi connectivity index (χ2n) is 13.3. The van der Waals surface area contributed by atoms with E-state index in [0.717, 1.165) is 0 Å². The van der Waals surface area contributed by atoms with Crippen molar-refractivity contribution in [3.8, 4) is 0 Å². The van der Waals surface area contributed by atoms with Crippen LogP contribution in [0.1, 0.15) is 54.4 Å². The first kappa shape index (κ1) is 35.5. The lowest BCUT2D eigenvalue weighted by Gasteiger charge is -2.38. The number of carbonyl (C=O) groups excluding carboxylic acids is 6. The van der Waals surface area contributed by atoms with Gasteiger partial charge in [-0.3, -0.25) is 24.0 Å². The summed E-state index contributed by atoms with van der Waals surface area (Å²) in [6, 6.07) is -6.12. The molecule has 1 aliphatic heterocycles. The van der Waals surface area contributed by atoms with Gasteiger partial charge in [-0.25, -0.2) is 4.79 Å². The molecule has 1 saturated heterocycles. The zero-order chi connectivity index (χ0) is 33.4. The Morgan fingerprint density at radius 1 is 1.05 bits per heavy atom. The molecule has 5 N–H and O–H groups in total. The summed E-state index contributed by atoms with van der Waals surface area (Å²) in [5.74, 6) is -5.37. The van der Waals surface area contributed by atoms with Crippen molar-refractivity contribution in [3.63, 3.8) is 0 Å². The summed E-state index contributed by atoms with van der Waals surface area (Å²) in [6.45, 7) is 14.2. The van der Waals surface area contributed by atoms with Gasteiger partial charge in [0.1, 0.15) is 18.1 Å². The summed E-state index contributed by atoms with van der Waals surface area (Å²) in [7, 11) is 3.02. The molecule has 0 radical (unpaired) electrons. The third-order valence-corrected chi connectivity index (χ3v) is 8.20. The topological polar surface area (TPSA) is 171 Å². The van der Waals surface area contributed by atoms with Crippen molar-refractivity contribution >= 4 is 35.4 Å². The average Bonchev–Trinajstić information content (AvgIpc) is 3.18. The van der Waals surface area contributed by atoms with Crippen molar-refractivity contribution in [2.45, 2.75) is 84.7 Å². The van der Waals surface area contributed by atoms with Gasteiger partial charge < -0.3 is 31.5 Å². The number of primary amides is 1. The van der Waals surface area contributed by atoms with E-state index in [9.17, 15) is 41.9 Å². The smallest absolute Gasteiger partial charge is 0.363 e. The molecule has 0 aromatic carbocycles. The lowest BCUT2D eigenvalue weighted by molar-refractivity contribution is -0.147. The Balaban J connectivity index is 2.35. The molecular formula is C28H43F3N6O6. The number of ketones is 1. The number of nitrogens with two attached hydrogens (primary N) is 1. The number of nitrogens with zero attached hydrogens (tertiary/aromatic N) is 2. The Hall–Kier alpha value is -3.65. The monoisotopic (exact) mass is 616 g/mol. The van der Waals surface area contributed by atoms with Crippen LogP contribution < -0.4 is 21.7 Å². The van der Waals surface area contributed by atoms with Gasteiger partial charge in [0.15, 0.2) is 0 Å². The van der Waals surface area contributed by atoms with E-state index in [1.54, 1.807) is 27.7 Å². The molecule has 1 aliphatic carbocycles. The fraction of sp³-hybridized carbons (Fsp3) is 0.714. The highest BCUT2D eigenvalue weighted by Gasteiger charge is 2.70. The molecule has 43 heavy (non-hydrogen) atoms. The minimum Gasteiger partial charge on any atom is -0.363 e. The second kappa shape index (κ2) is 12.5. The maximum Gasteiger partial charge on any atom is 0.389 e. The molecule has 2 aliphatic rings.